The Kier molecular flexibility index (Phi) is 12.0. The number of hydrogen-bond donors (Lipinski definition) is 3. The first kappa shape index (κ1) is 26.6. The van der Waals surface area contributed by atoms with E-state index in [-0.39, 0.29) is 29.9 Å². The number of nitrogens with one attached hydrogen (secondary N) is 3. The lowest BCUT2D eigenvalue weighted by molar-refractivity contribution is -0.116. The molecule has 0 saturated carbocycles. The number of morpholine rings is 1. The van der Waals surface area contributed by atoms with Gasteiger partial charge >= 0.3 is 0 Å². The van der Waals surface area contributed by atoms with Gasteiger partial charge in [0.25, 0.3) is 0 Å². The van der Waals surface area contributed by atoms with E-state index in [0.29, 0.717) is 19.0 Å². The maximum Gasteiger partial charge on any atom is 0.224 e. The molecule has 1 aromatic heterocycles. The number of halogens is 1. The Morgan fingerprint density at radius 3 is 2.72 bits per heavy atom. The van der Waals surface area contributed by atoms with Crippen molar-refractivity contribution in [1.82, 2.24) is 15.5 Å². The second-order valence-corrected chi connectivity index (χ2v) is 8.46. The van der Waals surface area contributed by atoms with Gasteiger partial charge in [0, 0.05) is 50.2 Å². The Bertz CT molecular complexity index is 841. The zero-order chi connectivity index (χ0) is 21.9. The van der Waals surface area contributed by atoms with E-state index in [1.165, 1.54) is 4.88 Å². The molecule has 0 aliphatic carbocycles. The van der Waals surface area contributed by atoms with Crippen molar-refractivity contribution in [3.8, 4) is 0 Å². The van der Waals surface area contributed by atoms with Gasteiger partial charge in [0.2, 0.25) is 5.91 Å². The lowest BCUT2D eigenvalue weighted by atomic mass is 10.2. The molecule has 1 fully saturated rings. The molecule has 1 aliphatic heterocycles. The molecule has 0 bridgehead atoms. The molecule has 1 atom stereocenters. The summed E-state index contributed by atoms with van der Waals surface area (Å²) in [4.78, 5) is 20.0. The van der Waals surface area contributed by atoms with E-state index in [1.807, 2.05) is 31.2 Å². The van der Waals surface area contributed by atoms with Gasteiger partial charge in [-0.1, -0.05) is 25.1 Å². The Morgan fingerprint density at radius 1 is 1.22 bits per heavy atom. The quantitative estimate of drug-likeness (QED) is 0.242. The van der Waals surface area contributed by atoms with Crippen LogP contribution in [0.15, 0.2) is 46.8 Å². The molecule has 9 heteroatoms. The Hall–Kier alpha value is -1.69. The first-order valence-electron chi connectivity index (χ1n) is 10.9. The molecule has 1 aromatic carbocycles. The van der Waals surface area contributed by atoms with Gasteiger partial charge in [-0.25, -0.2) is 0 Å². The average Bonchev–Trinajstić information content (AvgIpc) is 3.32. The van der Waals surface area contributed by atoms with Crippen molar-refractivity contribution in [3.63, 3.8) is 0 Å². The van der Waals surface area contributed by atoms with Crippen LogP contribution in [0.5, 0.6) is 0 Å². The number of ether oxygens (including phenoxy) is 1. The lowest BCUT2D eigenvalue weighted by Gasteiger charge is -2.34. The highest BCUT2D eigenvalue weighted by Crippen LogP contribution is 2.25. The molecule has 1 saturated heterocycles. The van der Waals surface area contributed by atoms with Gasteiger partial charge in [-0.15, -0.1) is 35.3 Å². The molecule has 3 rings (SSSR count). The minimum atomic E-state index is 0. The van der Waals surface area contributed by atoms with E-state index >= 15 is 0 Å². The van der Waals surface area contributed by atoms with Crippen molar-refractivity contribution in [3.05, 3.63) is 52.2 Å². The molecule has 2 heterocycles. The molecule has 2 aromatic rings. The molecule has 1 unspecified atom stereocenters. The molecule has 0 radical (unpaired) electrons. The number of carbonyl (C=O) groups is 1. The zero-order valence-electron chi connectivity index (χ0n) is 18.8. The summed E-state index contributed by atoms with van der Waals surface area (Å²) in [5, 5.41) is 11.9. The maximum absolute atomic E-state index is 11.8. The summed E-state index contributed by atoms with van der Waals surface area (Å²) in [5.41, 5.74) is 1.91. The van der Waals surface area contributed by atoms with E-state index < -0.39 is 0 Å². The van der Waals surface area contributed by atoms with Crippen molar-refractivity contribution in [2.75, 3.05) is 45.2 Å². The second-order valence-electron chi connectivity index (χ2n) is 7.48. The predicted octanol–water partition coefficient (Wildman–Crippen LogP) is 3.84. The largest absolute Gasteiger partial charge is 0.379 e. The fraction of sp³-hybridized carbons (Fsp3) is 0.478. The summed E-state index contributed by atoms with van der Waals surface area (Å²) in [6, 6.07) is 12.5. The van der Waals surface area contributed by atoms with Crippen molar-refractivity contribution >= 4 is 52.9 Å². The minimum Gasteiger partial charge on any atom is -0.379 e. The van der Waals surface area contributed by atoms with Gasteiger partial charge in [0.05, 0.1) is 19.3 Å². The first-order valence-corrected chi connectivity index (χ1v) is 11.8. The molecule has 32 heavy (non-hydrogen) atoms. The molecule has 1 aliphatic rings. The molecular formula is C23H34IN5O2S. The van der Waals surface area contributed by atoms with E-state index in [9.17, 15) is 4.79 Å². The lowest BCUT2D eigenvalue weighted by Crippen LogP contribution is -2.46. The van der Waals surface area contributed by atoms with Crippen molar-refractivity contribution < 1.29 is 9.53 Å². The van der Waals surface area contributed by atoms with Crippen LogP contribution in [0.25, 0.3) is 0 Å². The molecule has 176 valence electrons. The van der Waals surface area contributed by atoms with Gasteiger partial charge in [0.15, 0.2) is 5.96 Å². The Labute approximate surface area is 212 Å². The number of hydrogen-bond acceptors (Lipinski definition) is 5. The van der Waals surface area contributed by atoms with Crippen LogP contribution in [-0.2, 0) is 16.1 Å². The number of benzene rings is 1. The van der Waals surface area contributed by atoms with E-state index in [1.54, 1.807) is 18.4 Å². The van der Waals surface area contributed by atoms with Crippen molar-refractivity contribution in [1.29, 1.82) is 0 Å². The van der Waals surface area contributed by atoms with Crippen LogP contribution in [-0.4, -0.2) is 56.7 Å². The minimum absolute atomic E-state index is 0. The molecular weight excluding hydrogens is 537 g/mol. The van der Waals surface area contributed by atoms with Crippen LogP contribution < -0.4 is 16.0 Å². The highest BCUT2D eigenvalue weighted by atomic mass is 127. The number of guanidine groups is 1. The number of carbonyl (C=O) groups excluding carboxylic acids is 1. The zero-order valence-corrected chi connectivity index (χ0v) is 21.9. The van der Waals surface area contributed by atoms with E-state index in [0.717, 1.165) is 56.5 Å². The number of amides is 1. The van der Waals surface area contributed by atoms with Crippen molar-refractivity contribution in [2.45, 2.75) is 32.4 Å². The molecule has 3 N–H and O–H groups in total. The summed E-state index contributed by atoms with van der Waals surface area (Å²) >= 11 is 1.79. The van der Waals surface area contributed by atoms with Crippen LogP contribution >= 0.6 is 35.3 Å². The summed E-state index contributed by atoms with van der Waals surface area (Å²) in [5.74, 6) is 0.808. The SMILES string of the molecule is CCCC(=O)Nc1cccc(CNC(=NC)NCC(c2cccs2)N2CCOCC2)c1.I. The van der Waals surface area contributed by atoms with E-state index in [4.69, 9.17) is 4.74 Å². The van der Waals surface area contributed by atoms with Gasteiger partial charge < -0.3 is 20.7 Å². The Morgan fingerprint density at radius 2 is 2.03 bits per heavy atom. The third-order valence-electron chi connectivity index (χ3n) is 5.19. The monoisotopic (exact) mass is 571 g/mol. The maximum atomic E-state index is 11.8. The number of anilines is 1. The first-order chi connectivity index (χ1) is 15.2. The van der Waals surface area contributed by atoms with Gasteiger partial charge in [0.1, 0.15) is 0 Å². The number of thiophene rings is 1. The average molecular weight is 572 g/mol. The molecule has 0 spiro atoms. The van der Waals surface area contributed by atoms with Gasteiger partial charge in [-0.3, -0.25) is 14.7 Å². The van der Waals surface area contributed by atoms with Gasteiger partial charge in [-0.05, 0) is 35.6 Å². The standard InChI is InChI=1S/C23H33N5O2S.HI/c1-3-6-22(29)27-19-8-4-7-18(15-19)16-25-23(24-2)26-17-20(21-9-5-14-31-21)28-10-12-30-13-11-28;/h4-5,7-9,14-15,20H,3,6,10-13,16-17H2,1-2H3,(H,27,29)(H2,24,25,26);1H. The fourth-order valence-electron chi connectivity index (χ4n) is 3.59. The van der Waals surface area contributed by atoms with Crippen LogP contribution in [0.3, 0.4) is 0 Å². The van der Waals surface area contributed by atoms with Crippen LogP contribution in [0.4, 0.5) is 5.69 Å². The summed E-state index contributed by atoms with van der Waals surface area (Å²) in [7, 11) is 1.78. The highest BCUT2D eigenvalue weighted by molar-refractivity contribution is 14.0. The highest BCUT2D eigenvalue weighted by Gasteiger charge is 2.23. The molecule has 7 nitrogen and oxygen atoms in total. The van der Waals surface area contributed by atoms with Crippen LogP contribution in [0, 0.1) is 0 Å². The Balaban J connectivity index is 0.00000363. The summed E-state index contributed by atoms with van der Waals surface area (Å²) < 4.78 is 5.53. The molecule has 1 amide bonds. The number of nitrogens with zero attached hydrogens (tertiary/aromatic N) is 2. The van der Waals surface area contributed by atoms with E-state index in [2.05, 4.69) is 43.4 Å². The topological polar surface area (TPSA) is 78.0 Å². The second kappa shape index (κ2) is 14.5. The van der Waals surface area contributed by atoms with Crippen molar-refractivity contribution in [2.24, 2.45) is 4.99 Å². The fourth-order valence-corrected chi connectivity index (χ4v) is 4.45. The summed E-state index contributed by atoms with van der Waals surface area (Å²) in [6.45, 7) is 6.83. The number of aliphatic imine (C=N–C) groups is 1. The smallest absolute Gasteiger partial charge is 0.224 e. The normalized spacial score (nSPS) is 15.5. The summed E-state index contributed by atoms with van der Waals surface area (Å²) in [6.07, 6.45) is 1.37. The number of rotatable bonds is 9. The third kappa shape index (κ3) is 8.34. The van der Waals surface area contributed by atoms with Crippen LogP contribution in [0.1, 0.15) is 36.2 Å². The van der Waals surface area contributed by atoms with Crippen LogP contribution in [0.2, 0.25) is 0 Å². The predicted molar refractivity (Wildman–Crippen MR) is 143 cm³/mol. The third-order valence-corrected chi connectivity index (χ3v) is 6.17. The van der Waals surface area contributed by atoms with Gasteiger partial charge in [-0.2, -0.15) is 0 Å².